The first-order valence-electron chi connectivity index (χ1n) is 8.98. The van der Waals surface area contributed by atoms with Gasteiger partial charge in [0, 0.05) is 23.5 Å². The minimum Gasteiger partial charge on any atom is -0.347 e. The summed E-state index contributed by atoms with van der Waals surface area (Å²) in [6, 6.07) is 14.1. The summed E-state index contributed by atoms with van der Waals surface area (Å²) in [5, 5.41) is 7.47. The molecule has 0 saturated heterocycles. The average molecular weight is 360 g/mol. The normalized spacial score (nSPS) is 11.1. The molecule has 1 amide bonds. The number of rotatable bonds is 6. The molecule has 0 aliphatic heterocycles. The van der Waals surface area contributed by atoms with Crippen molar-refractivity contribution in [3.63, 3.8) is 0 Å². The van der Waals surface area contributed by atoms with Crippen LogP contribution in [0.2, 0.25) is 0 Å². The molecule has 0 spiro atoms. The van der Waals surface area contributed by atoms with Gasteiger partial charge >= 0.3 is 0 Å². The zero-order valence-corrected chi connectivity index (χ0v) is 15.9. The second-order valence-corrected chi connectivity index (χ2v) is 6.60. The van der Waals surface area contributed by atoms with Gasteiger partial charge in [-0.3, -0.25) is 14.5 Å². The number of amides is 1. The molecule has 2 aromatic heterocycles. The molecule has 0 radical (unpaired) electrons. The zero-order chi connectivity index (χ0) is 19.2. The Hall–Kier alpha value is -3.21. The molecule has 0 unspecified atom stereocenters. The lowest BCUT2D eigenvalue weighted by atomic mass is 10.1. The minimum atomic E-state index is -0.147. The molecule has 1 N–H and O–H groups in total. The van der Waals surface area contributed by atoms with Gasteiger partial charge in [-0.25, -0.2) is 0 Å². The molecule has 5 heteroatoms. The molecule has 0 fully saturated rings. The van der Waals surface area contributed by atoms with Crippen molar-refractivity contribution in [2.75, 3.05) is 0 Å². The number of hydrogen-bond donors (Lipinski definition) is 1. The van der Waals surface area contributed by atoms with Gasteiger partial charge in [-0.05, 0) is 44.5 Å². The fourth-order valence-corrected chi connectivity index (χ4v) is 2.87. The van der Waals surface area contributed by atoms with Crippen molar-refractivity contribution in [3.8, 4) is 0 Å². The predicted octanol–water partition coefficient (Wildman–Crippen LogP) is 3.58. The van der Waals surface area contributed by atoms with Crippen molar-refractivity contribution in [2.45, 2.75) is 33.9 Å². The topological polar surface area (TPSA) is 59.8 Å². The number of carbonyl (C=O) groups excluding carboxylic acids is 1. The number of benzene rings is 1. The summed E-state index contributed by atoms with van der Waals surface area (Å²) in [5.74, 6) is -0.147. The first kappa shape index (κ1) is 18.6. The molecule has 0 bridgehead atoms. The van der Waals surface area contributed by atoms with Crippen LogP contribution < -0.4 is 5.32 Å². The van der Waals surface area contributed by atoms with E-state index in [0.29, 0.717) is 13.1 Å². The van der Waals surface area contributed by atoms with Crippen LogP contribution in [-0.4, -0.2) is 20.7 Å². The number of carbonyl (C=O) groups is 1. The summed E-state index contributed by atoms with van der Waals surface area (Å²) >= 11 is 0. The van der Waals surface area contributed by atoms with Crippen LogP contribution in [0.1, 0.15) is 33.8 Å². The summed E-state index contributed by atoms with van der Waals surface area (Å²) in [5.41, 5.74) is 6.21. The maximum atomic E-state index is 12.1. The van der Waals surface area contributed by atoms with Crippen molar-refractivity contribution in [2.24, 2.45) is 0 Å². The molecule has 3 aromatic rings. The monoisotopic (exact) mass is 360 g/mol. The smallest absolute Gasteiger partial charge is 0.244 e. The Kier molecular flexibility index (Phi) is 5.81. The van der Waals surface area contributed by atoms with Crippen LogP contribution >= 0.6 is 0 Å². The summed E-state index contributed by atoms with van der Waals surface area (Å²) < 4.78 is 1.98. The van der Waals surface area contributed by atoms with Crippen LogP contribution in [0.15, 0.2) is 54.7 Å². The fourth-order valence-electron chi connectivity index (χ4n) is 2.87. The third-order valence-electron chi connectivity index (χ3n) is 4.46. The number of hydrogen-bond acceptors (Lipinski definition) is 3. The highest BCUT2D eigenvalue weighted by atomic mass is 16.1. The summed E-state index contributed by atoms with van der Waals surface area (Å²) in [6.07, 6.45) is 5.10. The maximum absolute atomic E-state index is 12.1. The Labute approximate surface area is 159 Å². The average Bonchev–Trinajstić information content (AvgIpc) is 2.94. The van der Waals surface area contributed by atoms with Gasteiger partial charge in [0.2, 0.25) is 5.91 Å². The fraction of sp³-hybridized carbons (Fsp3) is 0.227. The van der Waals surface area contributed by atoms with Crippen LogP contribution in [0, 0.1) is 20.8 Å². The summed E-state index contributed by atoms with van der Waals surface area (Å²) in [6.45, 7) is 7.19. The van der Waals surface area contributed by atoms with Crippen molar-refractivity contribution in [3.05, 3.63) is 88.5 Å². The molecule has 1 aromatic carbocycles. The quantitative estimate of drug-likeness (QED) is 0.684. The van der Waals surface area contributed by atoms with Gasteiger partial charge in [-0.15, -0.1) is 0 Å². The van der Waals surface area contributed by atoms with Crippen LogP contribution in [0.4, 0.5) is 0 Å². The van der Waals surface area contributed by atoms with Crippen molar-refractivity contribution in [1.29, 1.82) is 0 Å². The molecule has 0 aliphatic rings. The molecule has 2 heterocycles. The van der Waals surface area contributed by atoms with Crippen LogP contribution in [0.25, 0.3) is 6.08 Å². The van der Waals surface area contributed by atoms with Gasteiger partial charge in [-0.1, -0.05) is 35.9 Å². The van der Waals surface area contributed by atoms with E-state index in [1.807, 2.05) is 42.8 Å². The number of nitrogens with one attached hydrogen (secondary N) is 1. The first-order chi connectivity index (χ1) is 13.0. The third-order valence-corrected chi connectivity index (χ3v) is 4.46. The summed E-state index contributed by atoms with van der Waals surface area (Å²) in [4.78, 5) is 16.3. The highest BCUT2D eigenvalue weighted by molar-refractivity contribution is 5.91. The molecule has 0 aliphatic carbocycles. The van der Waals surface area contributed by atoms with Crippen LogP contribution in [-0.2, 0) is 17.9 Å². The molecule has 3 rings (SSSR count). The van der Waals surface area contributed by atoms with Gasteiger partial charge in [0.15, 0.2) is 0 Å². The lowest BCUT2D eigenvalue weighted by Gasteiger charge is -2.05. The number of pyridine rings is 1. The van der Waals surface area contributed by atoms with E-state index in [2.05, 4.69) is 46.6 Å². The Morgan fingerprint density at radius 3 is 2.59 bits per heavy atom. The zero-order valence-electron chi connectivity index (χ0n) is 15.9. The molecule has 27 heavy (non-hydrogen) atoms. The SMILES string of the molecule is Cc1ccc(Cn2nc(C)c(/C=C/C(=O)NCc3ccccn3)c2C)cc1. The van der Waals surface area contributed by atoms with E-state index in [9.17, 15) is 4.79 Å². The molecule has 5 nitrogen and oxygen atoms in total. The summed E-state index contributed by atoms with van der Waals surface area (Å²) in [7, 11) is 0. The Morgan fingerprint density at radius 1 is 1.11 bits per heavy atom. The predicted molar refractivity (Wildman–Crippen MR) is 107 cm³/mol. The van der Waals surface area contributed by atoms with Crippen molar-refractivity contribution >= 4 is 12.0 Å². The lowest BCUT2D eigenvalue weighted by molar-refractivity contribution is -0.116. The van der Waals surface area contributed by atoms with Crippen LogP contribution in [0.5, 0.6) is 0 Å². The first-order valence-corrected chi connectivity index (χ1v) is 8.98. The van der Waals surface area contributed by atoms with E-state index in [4.69, 9.17) is 0 Å². The standard InChI is InChI=1S/C22H24N4O/c1-16-7-9-19(10-8-16)15-26-18(3)21(17(2)25-26)11-12-22(27)24-14-20-6-4-5-13-23-20/h4-13H,14-15H2,1-3H3,(H,24,27)/b12-11+. The number of aromatic nitrogens is 3. The van der Waals surface area contributed by atoms with Crippen LogP contribution in [0.3, 0.4) is 0 Å². The van der Waals surface area contributed by atoms with E-state index in [1.54, 1.807) is 12.3 Å². The van der Waals surface area contributed by atoms with E-state index < -0.39 is 0 Å². The third kappa shape index (κ3) is 4.91. The van der Waals surface area contributed by atoms with Gasteiger partial charge in [-0.2, -0.15) is 5.10 Å². The minimum absolute atomic E-state index is 0.147. The highest BCUT2D eigenvalue weighted by Gasteiger charge is 2.10. The largest absolute Gasteiger partial charge is 0.347 e. The molecule has 0 atom stereocenters. The number of aryl methyl sites for hydroxylation is 2. The van der Waals surface area contributed by atoms with Crippen molar-refractivity contribution in [1.82, 2.24) is 20.1 Å². The molecular weight excluding hydrogens is 336 g/mol. The van der Waals surface area contributed by atoms with E-state index in [0.717, 1.165) is 22.6 Å². The second-order valence-electron chi connectivity index (χ2n) is 6.60. The van der Waals surface area contributed by atoms with E-state index >= 15 is 0 Å². The van der Waals surface area contributed by atoms with Crippen molar-refractivity contribution < 1.29 is 4.79 Å². The molecular formula is C22H24N4O. The number of nitrogens with zero attached hydrogens (tertiary/aromatic N) is 3. The Balaban J connectivity index is 1.65. The molecule has 138 valence electrons. The van der Waals surface area contributed by atoms with E-state index in [1.165, 1.54) is 11.1 Å². The van der Waals surface area contributed by atoms with E-state index in [-0.39, 0.29) is 5.91 Å². The highest BCUT2D eigenvalue weighted by Crippen LogP contribution is 2.16. The lowest BCUT2D eigenvalue weighted by Crippen LogP contribution is -2.20. The Bertz CT molecular complexity index is 940. The van der Waals surface area contributed by atoms with Gasteiger partial charge in [0.1, 0.15) is 0 Å². The van der Waals surface area contributed by atoms with Gasteiger partial charge < -0.3 is 5.32 Å². The Morgan fingerprint density at radius 2 is 1.89 bits per heavy atom. The van der Waals surface area contributed by atoms with Gasteiger partial charge in [0.05, 0.1) is 24.5 Å². The molecule has 0 saturated carbocycles. The maximum Gasteiger partial charge on any atom is 0.244 e. The second kappa shape index (κ2) is 8.45. The van der Waals surface area contributed by atoms with Gasteiger partial charge in [0.25, 0.3) is 0 Å².